The molecule has 0 aliphatic heterocycles. The molecule has 36 heavy (non-hydrogen) atoms. The molecular weight excluding hydrogens is 484 g/mol. The first-order valence-corrected chi connectivity index (χ1v) is 10.7. The Morgan fingerprint density at radius 3 is 2.67 bits per heavy atom. The summed E-state index contributed by atoms with van der Waals surface area (Å²) in [4.78, 5) is 19.6. The van der Waals surface area contributed by atoms with Gasteiger partial charge in [-0.05, 0) is 37.3 Å². The molecule has 0 saturated heterocycles. The first-order valence-electron chi connectivity index (χ1n) is 10.7. The van der Waals surface area contributed by atoms with Crippen molar-refractivity contribution < 1.29 is 31.8 Å². The van der Waals surface area contributed by atoms with E-state index in [1.165, 1.54) is 12.1 Å². The number of nitrogens with one attached hydrogen (secondary N) is 2. The maximum atomic E-state index is 14.3. The van der Waals surface area contributed by atoms with Crippen molar-refractivity contribution in [3.63, 3.8) is 0 Å². The molecule has 0 saturated carbocycles. The first-order chi connectivity index (χ1) is 17.2. The molecule has 0 bridgehead atoms. The Morgan fingerprint density at radius 1 is 1.08 bits per heavy atom. The van der Waals surface area contributed by atoms with Crippen LogP contribution in [0.5, 0.6) is 5.75 Å². The second-order valence-electron chi connectivity index (χ2n) is 7.41. The van der Waals surface area contributed by atoms with Gasteiger partial charge in [0.05, 0.1) is 37.5 Å². The minimum atomic E-state index is -4.85. The number of esters is 1. The highest BCUT2D eigenvalue weighted by molar-refractivity contribution is 5.83. The van der Waals surface area contributed by atoms with Crippen molar-refractivity contribution in [1.29, 1.82) is 0 Å². The molecule has 4 rings (SSSR count). The fraction of sp³-hybridized carbons (Fsp3) is 0.217. The number of hydrogen-bond donors (Lipinski definition) is 2. The Balaban J connectivity index is 1.47. The van der Waals surface area contributed by atoms with Crippen LogP contribution in [0.15, 0.2) is 54.9 Å². The number of hydrogen-bond acceptors (Lipinski definition) is 8. The predicted octanol–water partition coefficient (Wildman–Crippen LogP) is 5.30. The van der Waals surface area contributed by atoms with Crippen LogP contribution in [-0.4, -0.2) is 38.7 Å². The van der Waals surface area contributed by atoms with Crippen LogP contribution in [-0.2, 0) is 16.1 Å². The van der Waals surface area contributed by atoms with Crippen molar-refractivity contribution >= 4 is 40.0 Å². The van der Waals surface area contributed by atoms with Crippen LogP contribution in [0.2, 0.25) is 0 Å². The number of nitrogens with zero attached hydrogens (tertiary/aromatic N) is 4. The Kier molecular flexibility index (Phi) is 7.17. The van der Waals surface area contributed by atoms with Gasteiger partial charge < -0.3 is 20.1 Å². The van der Waals surface area contributed by atoms with E-state index in [2.05, 4.69) is 30.4 Å². The zero-order valence-corrected chi connectivity index (χ0v) is 18.8. The molecular formula is C23H20F4N6O3. The van der Waals surface area contributed by atoms with Crippen molar-refractivity contribution in [2.45, 2.75) is 26.3 Å². The number of rotatable bonds is 9. The summed E-state index contributed by atoms with van der Waals surface area (Å²) in [7, 11) is 0. The number of ether oxygens (including phenoxy) is 2. The molecule has 2 N–H and O–H groups in total. The molecule has 0 radical (unpaired) electrons. The molecule has 0 aliphatic rings. The summed E-state index contributed by atoms with van der Waals surface area (Å²) in [6.07, 6.45) is -2.09. The van der Waals surface area contributed by atoms with Crippen LogP contribution in [0.3, 0.4) is 0 Å². The Morgan fingerprint density at radius 2 is 1.89 bits per heavy atom. The van der Waals surface area contributed by atoms with Crippen molar-refractivity contribution in [2.24, 2.45) is 0 Å². The lowest BCUT2D eigenvalue weighted by atomic mass is 10.2. The number of halogens is 4. The monoisotopic (exact) mass is 504 g/mol. The third kappa shape index (κ3) is 6.37. The van der Waals surface area contributed by atoms with E-state index in [0.29, 0.717) is 18.8 Å². The number of alkyl halides is 3. The largest absolute Gasteiger partial charge is 0.573 e. The van der Waals surface area contributed by atoms with E-state index in [1.54, 1.807) is 36.0 Å². The molecule has 0 fully saturated rings. The van der Waals surface area contributed by atoms with Crippen LogP contribution in [0.25, 0.3) is 10.9 Å². The number of aromatic nitrogens is 4. The van der Waals surface area contributed by atoms with Crippen LogP contribution in [0.1, 0.15) is 13.3 Å². The molecule has 2 aromatic carbocycles. The number of carbonyl (C=O) groups is 1. The molecule has 2 aromatic heterocycles. The van der Waals surface area contributed by atoms with E-state index < -0.39 is 17.9 Å². The second kappa shape index (κ2) is 10.5. The van der Waals surface area contributed by atoms with Gasteiger partial charge in [0.2, 0.25) is 5.95 Å². The van der Waals surface area contributed by atoms with Gasteiger partial charge in [-0.1, -0.05) is 6.07 Å². The van der Waals surface area contributed by atoms with Gasteiger partial charge in [0.15, 0.2) is 11.6 Å². The van der Waals surface area contributed by atoms with Crippen molar-refractivity contribution in [3.05, 3.63) is 60.7 Å². The zero-order chi connectivity index (χ0) is 25.7. The first kappa shape index (κ1) is 24.7. The van der Waals surface area contributed by atoms with E-state index in [9.17, 15) is 22.4 Å². The number of anilines is 4. The zero-order valence-electron chi connectivity index (χ0n) is 18.8. The lowest BCUT2D eigenvalue weighted by Crippen LogP contribution is -2.17. The maximum Gasteiger partial charge on any atom is 0.573 e. The number of aryl methyl sites for hydroxylation is 1. The third-order valence-electron chi connectivity index (χ3n) is 4.81. The summed E-state index contributed by atoms with van der Waals surface area (Å²) in [6.45, 7) is 2.42. The van der Waals surface area contributed by atoms with Gasteiger partial charge in [0.25, 0.3) is 0 Å². The van der Waals surface area contributed by atoms with Crippen LogP contribution in [0, 0.1) is 5.82 Å². The van der Waals surface area contributed by atoms with Gasteiger partial charge in [-0.2, -0.15) is 10.1 Å². The molecule has 9 nitrogen and oxygen atoms in total. The van der Waals surface area contributed by atoms with Gasteiger partial charge in [-0.3, -0.25) is 9.48 Å². The lowest BCUT2D eigenvalue weighted by Gasteiger charge is -2.12. The lowest BCUT2D eigenvalue weighted by molar-refractivity contribution is -0.274. The smallest absolute Gasteiger partial charge is 0.466 e. The molecule has 188 valence electrons. The molecule has 13 heteroatoms. The summed E-state index contributed by atoms with van der Waals surface area (Å²) < 4.78 is 62.2. The molecule has 0 atom stereocenters. The number of carbonyl (C=O) groups excluding carboxylic acids is 1. The average molecular weight is 504 g/mol. The van der Waals surface area contributed by atoms with E-state index >= 15 is 0 Å². The molecule has 0 spiro atoms. The average Bonchev–Trinajstić information content (AvgIpc) is 3.21. The molecule has 4 aromatic rings. The van der Waals surface area contributed by atoms with E-state index in [-0.39, 0.29) is 29.8 Å². The quantitative estimate of drug-likeness (QED) is 0.234. The van der Waals surface area contributed by atoms with Gasteiger partial charge in [0.1, 0.15) is 5.75 Å². The number of benzene rings is 2. The summed E-state index contributed by atoms with van der Waals surface area (Å²) in [5.41, 5.74) is 1.52. The van der Waals surface area contributed by atoms with Crippen molar-refractivity contribution in [1.82, 2.24) is 19.7 Å². The predicted molar refractivity (Wildman–Crippen MR) is 123 cm³/mol. The van der Waals surface area contributed by atoms with Crippen molar-refractivity contribution in [3.8, 4) is 5.75 Å². The van der Waals surface area contributed by atoms with Crippen LogP contribution in [0.4, 0.5) is 40.7 Å². The summed E-state index contributed by atoms with van der Waals surface area (Å²) in [5.74, 6) is -1.77. The normalized spacial score (nSPS) is 11.4. The minimum absolute atomic E-state index is 0.0515. The Bertz CT molecular complexity index is 1380. The highest BCUT2D eigenvalue weighted by atomic mass is 19.4. The molecule has 0 unspecified atom stereocenters. The fourth-order valence-electron chi connectivity index (χ4n) is 3.33. The van der Waals surface area contributed by atoms with Gasteiger partial charge in [0, 0.05) is 22.8 Å². The molecule has 2 heterocycles. The molecule has 0 amide bonds. The van der Waals surface area contributed by atoms with Crippen molar-refractivity contribution in [2.75, 3.05) is 17.2 Å². The van der Waals surface area contributed by atoms with Gasteiger partial charge in [-0.15, -0.1) is 13.2 Å². The SMILES string of the molecule is CCOC(=O)CCn1ncc2cc(Nc3ncc(F)c(Nc4cccc(OC(F)(F)F)c4)n3)ccc21. The maximum absolute atomic E-state index is 14.3. The summed E-state index contributed by atoms with van der Waals surface area (Å²) in [5, 5.41) is 10.6. The van der Waals surface area contributed by atoms with E-state index in [0.717, 1.165) is 29.2 Å². The Labute approximate surface area is 202 Å². The third-order valence-corrected chi connectivity index (χ3v) is 4.81. The van der Waals surface area contributed by atoms with E-state index in [4.69, 9.17) is 4.74 Å². The minimum Gasteiger partial charge on any atom is -0.466 e. The number of fused-ring (bicyclic) bond motifs is 1. The summed E-state index contributed by atoms with van der Waals surface area (Å²) >= 11 is 0. The standard InChI is InChI=1S/C23H20F4N6O3/c1-2-35-20(34)8-9-33-19-7-6-16(10-14(19)12-29-33)31-22-28-13-18(24)21(32-22)30-15-4-3-5-17(11-15)36-23(25,26)27/h3-7,10-13H,2,8-9H2,1H3,(H2,28,30,31,32). The van der Waals surface area contributed by atoms with Gasteiger partial charge >= 0.3 is 12.3 Å². The second-order valence-corrected chi connectivity index (χ2v) is 7.41. The van der Waals surface area contributed by atoms with Gasteiger partial charge in [-0.25, -0.2) is 9.37 Å². The highest BCUT2D eigenvalue weighted by Gasteiger charge is 2.31. The van der Waals surface area contributed by atoms with E-state index in [1.807, 2.05) is 0 Å². The fourth-order valence-corrected chi connectivity index (χ4v) is 3.33. The molecule has 0 aliphatic carbocycles. The highest BCUT2D eigenvalue weighted by Crippen LogP contribution is 2.28. The Hall–Kier alpha value is -4.42. The van der Waals surface area contributed by atoms with Crippen LogP contribution < -0.4 is 15.4 Å². The van der Waals surface area contributed by atoms with Crippen LogP contribution >= 0.6 is 0 Å². The topological polar surface area (TPSA) is 103 Å². The summed E-state index contributed by atoms with van der Waals surface area (Å²) in [6, 6.07) is 10.3.